The Labute approximate surface area is 135 Å². The number of aromatic nitrogens is 2. The minimum Gasteiger partial charge on any atom is -0.444 e. The number of hydrogen-bond donors (Lipinski definition) is 2. The van der Waals surface area contributed by atoms with Crippen molar-refractivity contribution in [3.05, 3.63) is 30.1 Å². The van der Waals surface area contributed by atoms with E-state index in [1.807, 2.05) is 39.1 Å². The van der Waals surface area contributed by atoms with E-state index in [0.29, 0.717) is 6.42 Å². The lowest BCUT2D eigenvalue weighted by Crippen LogP contribution is -2.40. The fraction of sp³-hybridized carbons (Fsp3) is 0.444. The zero-order valence-electron chi connectivity index (χ0n) is 13.7. The van der Waals surface area contributed by atoms with Crippen LogP contribution >= 0.6 is 0 Å². The normalized spacial score (nSPS) is 15.6. The number of H-pyrrole nitrogens is 1. The first kappa shape index (κ1) is 15.4. The Bertz CT molecular complexity index is 786. The first-order valence-corrected chi connectivity index (χ1v) is 7.79. The second-order valence-corrected chi connectivity index (χ2v) is 7.03. The molecule has 0 aliphatic heterocycles. The molecule has 0 bridgehead atoms. The summed E-state index contributed by atoms with van der Waals surface area (Å²) in [5, 5.41) is 4.00. The molecule has 1 fully saturated rings. The Balaban J connectivity index is 1.60. The van der Waals surface area contributed by atoms with E-state index < -0.39 is 5.60 Å². The van der Waals surface area contributed by atoms with Crippen LogP contribution in [0.4, 0.5) is 4.79 Å². The Morgan fingerprint density at radius 1 is 1.48 bits per heavy atom. The minimum absolute atomic E-state index is 0.221. The summed E-state index contributed by atoms with van der Waals surface area (Å²) in [5.74, 6) is 6.28. The van der Waals surface area contributed by atoms with Gasteiger partial charge < -0.3 is 15.0 Å². The van der Waals surface area contributed by atoms with Crippen molar-refractivity contribution >= 4 is 17.1 Å². The summed E-state index contributed by atoms with van der Waals surface area (Å²) in [6, 6.07) is 3.98. The molecule has 0 unspecified atom stereocenters. The van der Waals surface area contributed by atoms with Crippen molar-refractivity contribution in [2.24, 2.45) is 0 Å². The highest BCUT2D eigenvalue weighted by molar-refractivity contribution is 5.76. The molecule has 2 N–H and O–H groups in total. The van der Waals surface area contributed by atoms with Gasteiger partial charge in [-0.05, 0) is 45.7 Å². The number of amides is 1. The first-order chi connectivity index (χ1) is 10.9. The van der Waals surface area contributed by atoms with Crippen LogP contribution in [0, 0.1) is 11.8 Å². The molecule has 5 heteroatoms. The van der Waals surface area contributed by atoms with E-state index in [-0.39, 0.29) is 11.6 Å². The first-order valence-electron chi connectivity index (χ1n) is 7.79. The number of rotatable bonds is 2. The van der Waals surface area contributed by atoms with E-state index in [9.17, 15) is 4.79 Å². The van der Waals surface area contributed by atoms with Crippen LogP contribution in [-0.2, 0) is 4.74 Å². The molecule has 0 aromatic carbocycles. The number of nitrogens with one attached hydrogen (secondary N) is 2. The fourth-order valence-electron chi connectivity index (χ4n) is 2.34. The molecule has 120 valence electrons. The third-order valence-electron chi connectivity index (χ3n) is 3.68. The number of fused-ring (bicyclic) bond motifs is 1. The van der Waals surface area contributed by atoms with Gasteiger partial charge in [-0.2, -0.15) is 0 Å². The number of nitrogens with zero attached hydrogens (tertiary/aromatic N) is 1. The number of ether oxygens (including phenoxy) is 1. The molecule has 1 amide bonds. The van der Waals surface area contributed by atoms with Crippen LogP contribution in [0.25, 0.3) is 11.0 Å². The molecule has 0 spiro atoms. The van der Waals surface area contributed by atoms with Gasteiger partial charge in [0.1, 0.15) is 11.2 Å². The minimum atomic E-state index is -0.483. The van der Waals surface area contributed by atoms with Crippen LogP contribution in [-0.4, -0.2) is 27.2 Å². The Kier molecular flexibility index (Phi) is 3.77. The average molecular weight is 311 g/mol. The predicted molar refractivity (Wildman–Crippen MR) is 88.9 cm³/mol. The van der Waals surface area contributed by atoms with Crippen molar-refractivity contribution in [3.63, 3.8) is 0 Å². The number of carbonyl (C=O) groups is 1. The summed E-state index contributed by atoms with van der Waals surface area (Å²) in [7, 11) is 0. The van der Waals surface area contributed by atoms with Crippen LogP contribution in [0.5, 0.6) is 0 Å². The van der Waals surface area contributed by atoms with Crippen LogP contribution in [0.3, 0.4) is 0 Å². The highest BCUT2D eigenvalue weighted by Crippen LogP contribution is 2.38. The molecule has 0 saturated heterocycles. The summed E-state index contributed by atoms with van der Waals surface area (Å²) in [5.41, 5.74) is 1.04. The highest BCUT2D eigenvalue weighted by Gasteiger charge is 2.44. The molecular formula is C18H21N3O2. The molecule has 5 nitrogen and oxygen atoms in total. The number of carbonyl (C=O) groups excluding carboxylic acids is 1. The summed E-state index contributed by atoms with van der Waals surface area (Å²) >= 11 is 0. The molecule has 1 aliphatic rings. The SMILES string of the molecule is CC(C)(C)OC(=O)NC1(CC#Cc2cnc3[nH]ccc3c2)CC1. The zero-order valence-corrected chi connectivity index (χ0v) is 13.7. The molecular weight excluding hydrogens is 290 g/mol. The van der Waals surface area contributed by atoms with Crippen molar-refractivity contribution in [2.45, 2.75) is 51.2 Å². The summed E-state index contributed by atoms with van der Waals surface area (Å²) in [4.78, 5) is 19.2. The van der Waals surface area contributed by atoms with Crippen molar-refractivity contribution in [1.29, 1.82) is 0 Å². The predicted octanol–water partition coefficient (Wildman–Crippen LogP) is 3.36. The van der Waals surface area contributed by atoms with Gasteiger partial charge in [-0.25, -0.2) is 9.78 Å². The Morgan fingerprint density at radius 3 is 2.96 bits per heavy atom. The molecule has 2 aromatic heterocycles. The topological polar surface area (TPSA) is 67.0 Å². The van der Waals surface area contributed by atoms with Gasteiger partial charge in [0.2, 0.25) is 0 Å². The largest absolute Gasteiger partial charge is 0.444 e. The summed E-state index contributed by atoms with van der Waals surface area (Å²) < 4.78 is 5.31. The van der Waals surface area contributed by atoms with Gasteiger partial charge in [-0.15, -0.1) is 0 Å². The molecule has 23 heavy (non-hydrogen) atoms. The Morgan fingerprint density at radius 2 is 2.26 bits per heavy atom. The quantitative estimate of drug-likeness (QED) is 0.836. The molecule has 1 saturated carbocycles. The lowest BCUT2D eigenvalue weighted by atomic mass is 10.1. The maximum absolute atomic E-state index is 11.9. The molecule has 2 heterocycles. The van der Waals surface area contributed by atoms with Crippen molar-refractivity contribution in [3.8, 4) is 11.8 Å². The second-order valence-electron chi connectivity index (χ2n) is 7.03. The van der Waals surface area contributed by atoms with Gasteiger partial charge in [0.05, 0.1) is 5.54 Å². The van der Waals surface area contributed by atoms with E-state index in [0.717, 1.165) is 29.4 Å². The zero-order chi connectivity index (χ0) is 16.5. The van der Waals surface area contributed by atoms with Gasteiger partial charge in [0.25, 0.3) is 0 Å². The van der Waals surface area contributed by atoms with Crippen LogP contribution in [0.2, 0.25) is 0 Å². The van der Waals surface area contributed by atoms with Gasteiger partial charge in [0, 0.05) is 29.8 Å². The van der Waals surface area contributed by atoms with Gasteiger partial charge in [-0.3, -0.25) is 0 Å². The van der Waals surface area contributed by atoms with Crippen LogP contribution < -0.4 is 5.32 Å². The molecule has 3 rings (SSSR count). The standard InChI is InChI=1S/C18H21N3O2/c1-17(2,3)23-16(22)21-18(8-9-18)7-4-5-13-11-14-6-10-19-15(14)20-12-13/h6,10-12H,7-9H2,1-3H3,(H,19,20)(H,21,22). The van der Waals surface area contributed by atoms with Gasteiger partial charge >= 0.3 is 6.09 Å². The van der Waals surface area contributed by atoms with E-state index in [4.69, 9.17) is 4.74 Å². The third-order valence-corrected chi connectivity index (χ3v) is 3.68. The number of aromatic amines is 1. The monoisotopic (exact) mass is 311 g/mol. The molecule has 0 radical (unpaired) electrons. The maximum Gasteiger partial charge on any atom is 0.408 e. The van der Waals surface area contributed by atoms with Gasteiger partial charge in [-0.1, -0.05) is 11.8 Å². The highest BCUT2D eigenvalue weighted by atomic mass is 16.6. The molecule has 0 atom stereocenters. The smallest absolute Gasteiger partial charge is 0.408 e. The lowest BCUT2D eigenvalue weighted by Gasteiger charge is -2.22. The number of hydrogen-bond acceptors (Lipinski definition) is 3. The van der Waals surface area contributed by atoms with Crippen LogP contribution in [0.1, 0.15) is 45.6 Å². The van der Waals surface area contributed by atoms with Crippen molar-refractivity contribution in [1.82, 2.24) is 15.3 Å². The van der Waals surface area contributed by atoms with E-state index >= 15 is 0 Å². The van der Waals surface area contributed by atoms with E-state index in [1.54, 1.807) is 6.20 Å². The third kappa shape index (κ3) is 4.04. The van der Waals surface area contributed by atoms with E-state index in [1.165, 1.54) is 0 Å². The fourth-order valence-corrected chi connectivity index (χ4v) is 2.34. The molecule has 2 aromatic rings. The maximum atomic E-state index is 11.9. The van der Waals surface area contributed by atoms with E-state index in [2.05, 4.69) is 27.1 Å². The number of alkyl carbamates (subject to hydrolysis) is 1. The molecule has 1 aliphatic carbocycles. The van der Waals surface area contributed by atoms with Crippen molar-refractivity contribution < 1.29 is 9.53 Å². The summed E-state index contributed by atoms with van der Waals surface area (Å²) in [6.07, 6.45) is 5.75. The second kappa shape index (κ2) is 5.62. The van der Waals surface area contributed by atoms with Gasteiger partial charge in [0.15, 0.2) is 0 Å². The average Bonchev–Trinajstić information content (AvgIpc) is 3.02. The summed E-state index contributed by atoms with van der Waals surface area (Å²) in [6.45, 7) is 5.57. The van der Waals surface area contributed by atoms with Crippen molar-refractivity contribution in [2.75, 3.05) is 0 Å². The number of pyridine rings is 1. The lowest BCUT2D eigenvalue weighted by molar-refractivity contribution is 0.0498. The Hall–Kier alpha value is -2.48. The van der Waals surface area contributed by atoms with Crippen LogP contribution in [0.15, 0.2) is 24.5 Å².